The van der Waals surface area contributed by atoms with Gasteiger partial charge in [0, 0.05) is 18.0 Å². The number of para-hydroxylation sites is 2. The normalized spacial score (nSPS) is 24.2. The molecule has 3 heterocycles. The van der Waals surface area contributed by atoms with E-state index in [1.165, 1.54) is 5.56 Å². The molecule has 4 heteroatoms. The molecule has 0 amide bonds. The maximum Gasteiger partial charge on any atom is 0.161 e. The van der Waals surface area contributed by atoms with Crippen LogP contribution in [0.2, 0.25) is 0 Å². The molecule has 1 aromatic carbocycles. The molecule has 2 aliphatic rings. The number of rotatable bonds is 1. The number of hydrogen-bond donors (Lipinski definition) is 1. The number of fused-ring (bicyclic) bond motifs is 2. The molecular formula is C16H17NO3. The molecular weight excluding hydrogens is 254 g/mol. The Morgan fingerprint density at radius 2 is 2.05 bits per heavy atom. The molecule has 0 fully saturated rings. The van der Waals surface area contributed by atoms with Gasteiger partial charge in [0.15, 0.2) is 11.5 Å². The summed E-state index contributed by atoms with van der Waals surface area (Å²) in [5.41, 5.74) is 1.26. The third kappa shape index (κ3) is 1.88. The Bertz CT molecular complexity index is 634. The lowest BCUT2D eigenvalue weighted by atomic mass is 9.90. The summed E-state index contributed by atoms with van der Waals surface area (Å²) in [4.78, 5) is 0. The monoisotopic (exact) mass is 271 g/mol. The summed E-state index contributed by atoms with van der Waals surface area (Å²) < 4.78 is 17.7. The fourth-order valence-electron chi connectivity index (χ4n) is 3.05. The van der Waals surface area contributed by atoms with Gasteiger partial charge in [-0.1, -0.05) is 12.1 Å². The zero-order chi connectivity index (χ0) is 13.5. The summed E-state index contributed by atoms with van der Waals surface area (Å²) in [6.45, 7) is 4.25. The average molecular weight is 271 g/mol. The van der Waals surface area contributed by atoms with Crippen LogP contribution in [0.5, 0.6) is 11.5 Å². The zero-order valence-electron chi connectivity index (χ0n) is 11.4. The van der Waals surface area contributed by atoms with Crippen molar-refractivity contribution < 1.29 is 13.9 Å². The molecule has 2 atom stereocenters. The minimum atomic E-state index is 0.0217. The number of aryl methyl sites for hydroxylation is 1. The molecule has 2 aliphatic heterocycles. The van der Waals surface area contributed by atoms with E-state index in [4.69, 9.17) is 13.9 Å². The molecule has 104 valence electrons. The number of ether oxygens (including phenoxy) is 2. The van der Waals surface area contributed by atoms with Crippen molar-refractivity contribution in [2.45, 2.75) is 25.5 Å². The third-order valence-corrected chi connectivity index (χ3v) is 3.99. The van der Waals surface area contributed by atoms with Gasteiger partial charge in [0.1, 0.15) is 24.2 Å². The highest BCUT2D eigenvalue weighted by Gasteiger charge is 2.34. The van der Waals surface area contributed by atoms with E-state index < -0.39 is 0 Å². The van der Waals surface area contributed by atoms with Crippen LogP contribution in [0.4, 0.5) is 0 Å². The fraction of sp³-hybridized carbons (Fsp3) is 0.375. The summed E-state index contributed by atoms with van der Waals surface area (Å²) in [5, 5.41) is 3.40. The molecule has 2 aromatic rings. The molecule has 1 N–H and O–H groups in total. The van der Waals surface area contributed by atoms with Gasteiger partial charge < -0.3 is 19.2 Å². The third-order valence-electron chi connectivity index (χ3n) is 3.99. The van der Waals surface area contributed by atoms with E-state index in [1.807, 2.05) is 31.2 Å². The van der Waals surface area contributed by atoms with Gasteiger partial charge in [-0.3, -0.25) is 0 Å². The highest BCUT2D eigenvalue weighted by molar-refractivity contribution is 5.41. The second kappa shape index (κ2) is 4.56. The molecule has 0 saturated carbocycles. The Morgan fingerprint density at radius 3 is 2.95 bits per heavy atom. The van der Waals surface area contributed by atoms with Gasteiger partial charge in [0.2, 0.25) is 0 Å². The Kier molecular flexibility index (Phi) is 2.70. The van der Waals surface area contributed by atoms with E-state index in [-0.39, 0.29) is 12.0 Å². The Balaban J connectivity index is 1.64. The van der Waals surface area contributed by atoms with E-state index in [2.05, 4.69) is 11.4 Å². The van der Waals surface area contributed by atoms with Crippen molar-refractivity contribution in [2.75, 3.05) is 13.2 Å². The summed E-state index contributed by atoms with van der Waals surface area (Å²) in [5.74, 6) is 3.92. The molecule has 4 rings (SSSR count). The lowest BCUT2D eigenvalue weighted by Gasteiger charge is -2.34. The standard InChI is InChI=1S/C16H17NO3/c1-10-6-11-12(7-17-8-15(11)19-10)16-9-18-13-4-2-3-5-14(13)20-16/h2-6,12,16-17H,7-9H2,1H3. The molecule has 0 bridgehead atoms. The van der Waals surface area contributed by atoms with Crippen molar-refractivity contribution in [3.63, 3.8) is 0 Å². The number of nitrogens with one attached hydrogen (secondary N) is 1. The van der Waals surface area contributed by atoms with Gasteiger partial charge >= 0.3 is 0 Å². The van der Waals surface area contributed by atoms with E-state index in [0.29, 0.717) is 6.61 Å². The lowest BCUT2D eigenvalue weighted by molar-refractivity contribution is 0.0678. The van der Waals surface area contributed by atoms with Crippen molar-refractivity contribution in [3.05, 3.63) is 47.4 Å². The SMILES string of the molecule is Cc1cc2c(o1)CNCC2C1COc2ccccc2O1. The molecule has 2 unspecified atom stereocenters. The first kappa shape index (κ1) is 11.9. The van der Waals surface area contributed by atoms with Crippen molar-refractivity contribution in [3.8, 4) is 11.5 Å². The van der Waals surface area contributed by atoms with Crippen LogP contribution in [-0.4, -0.2) is 19.3 Å². The number of benzene rings is 1. The van der Waals surface area contributed by atoms with E-state index in [0.717, 1.165) is 36.1 Å². The van der Waals surface area contributed by atoms with Crippen molar-refractivity contribution in [1.29, 1.82) is 0 Å². The van der Waals surface area contributed by atoms with Crippen molar-refractivity contribution in [1.82, 2.24) is 5.32 Å². The maximum atomic E-state index is 6.13. The molecule has 0 saturated heterocycles. The number of furan rings is 1. The quantitative estimate of drug-likeness (QED) is 0.866. The smallest absolute Gasteiger partial charge is 0.161 e. The van der Waals surface area contributed by atoms with Crippen LogP contribution in [0.1, 0.15) is 23.0 Å². The van der Waals surface area contributed by atoms with Crippen LogP contribution in [0.3, 0.4) is 0 Å². The van der Waals surface area contributed by atoms with Crippen LogP contribution in [0.25, 0.3) is 0 Å². The van der Waals surface area contributed by atoms with Gasteiger partial charge in [-0.2, -0.15) is 0 Å². The van der Waals surface area contributed by atoms with Crippen LogP contribution >= 0.6 is 0 Å². The van der Waals surface area contributed by atoms with Crippen LogP contribution in [0.15, 0.2) is 34.7 Å². The summed E-state index contributed by atoms with van der Waals surface area (Å²) >= 11 is 0. The van der Waals surface area contributed by atoms with Gasteiger partial charge in [-0.15, -0.1) is 0 Å². The molecule has 20 heavy (non-hydrogen) atoms. The zero-order valence-corrected chi connectivity index (χ0v) is 11.4. The van der Waals surface area contributed by atoms with Crippen LogP contribution in [0, 0.1) is 6.92 Å². The molecule has 0 spiro atoms. The molecule has 0 aliphatic carbocycles. The first-order valence-electron chi connectivity index (χ1n) is 6.99. The van der Waals surface area contributed by atoms with Crippen molar-refractivity contribution >= 4 is 0 Å². The predicted octanol–water partition coefficient (Wildman–Crippen LogP) is 2.61. The first-order chi connectivity index (χ1) is 9.81. The molecule has 4 nitrogen and oxygen atoms in total. The fourth-order valence-corrected chi connectivity index (χ4v) is 3.05. The second-order valence-corrected chi connectivity index (χ2v) is 5.39. The first-order valence-corrected chi connectivity index (χ1v) is 6.99. The van der Waals surface area contributed by atoms with Crippen LogP contribution < -0.4 is 14.8 Å². The topological polar surface area (TPSA) is 43.6 Å². The number of hydrogen-bond acceptors (Lipinski definition) is 4. The van der Waals surface area contributed by atoms with Crippen LogP contribution in [-0.2, 0) is 6.54 Å². The minimum Gasteiger partial charge on any atom is -0.486 e. The summed E-state index contributed by atoms with van der Waals surface area (Å²) in [6.07, 6.45) is 0.0217. The van der Waals surface area contributed by atoms with Gasteiger partial charge in [0.05, 0.1) is 6.54 Å². The lowest BCUT2D eigenvalue weighted by Crippen LogP contribution is -2.41. The van der Waals surface area contributed by atoms with E-state index in [1.54, 1.807) is 0 Å². The van der Waals surface area contributed by atoms with E-state index >= 15 is 0 Å². The Morgan fingerprint density at radius 1 is 1.20 bits per heavy atom. The van der Waals surface area contributed by atoms with Gasteiger partial charge in [-0.25, -0.2) is 0 Å². The summed E-state index contributed by atoms with van der Waals surface area (Å²) in [6, 6.07) is 9.96. The second-order valence-electron chi connectivity index (χ2n) is 5.39. The largest absolute Gasteiger partial charge is 0.486 e. The molecule has 1 aromatic heterocycles. The predicted molar refractivity (Wildman–Crippen MR) is 74.2 cm³/mol. The van der Waals surface area contributed by atoms with Gasteiger partial charge in [-0.05, 0) is 25.1 Å². The maximum absolute atomic E-state index is 6.13. The van der Waals surface area contributed by atoms with Crippen molar-refractivity contribution in [2.24, 2.45) is 0 Å². The van der Waals surface area contributed by atoms with E-state index in [9.17, 15) is 0 Å². The highest BCUT2D eigenvalue weighted by Crippen LogP contribution is 2.37. The summed E-state index contributed by atoms with van der Waals surface area (Å²) in [7, 11) is 0. The highest BCUT2D eigenvalue weighted by atomic mass is 16.6. The minimum absolute atomic E-state index is 0.0217. The van der Waals surface area contributed by atoms with Gasteiger partial charge in [0.25, 0.3) is 0 Å². The molecule has 0 radical (unpaired) electrons. The Hall–Kier alpha value is -1.94. The Labute approximate surface area is 117 Å². The average Bonchev–Trinajstić information content (AvgIpc) is 2.86.